The van der Waals surface area contributed by atoms with E-state index in [4.69, 9.17) is 17.0 Å². The van der Waals surface area contributed by atoms with E-state index in [1.165, 1.54) is 10.6 Å². The van der Waals surface area contributed by atoms with Crippen molar-refractivity contribution in [3.8, 4) is 0 Å². The molecule has 0 aliphatic carbocycles. The van der Waals surface area contributed by atoms with Gasteiger partial charge in [0.05, 0.1) is 0 Å². The van der Waals surface area contributed by atoms with Gasteiger partial charge in [-0.05, 0) is 38.1 Å². The molecule has 1 aliphatic rings. The summed E-state index contributed by atoms with van der Waals surface area (Å²) in [5.41, 5.74) is 1.18. The summed E-state index contributed by atoms with van der Waals surface area (Å²) in [6.07, 6.45) is 1.48. The number of carbonyl (C=O) groups excluding carboxylic acids is 1. The number of urea groups is 1. The topological polar surface area (TPSA) is 62.7 Å². The second-order valence-electron chi connectivity index (χ2n) is 6.44. The van der Waals surface area contributed by atoms with Gasteiger partial charge < -0.3 is 10.2 Å². The lowest BCUT2D eigenvalue weighted by Crippen LogP contribution is -2.47. The van der Waals surface area contributed by atoms with Crippen LogP contribution in [0.1, 0.15) is 26.7 Å². The molecule has 2 amide bonds. The molecule has 0 spiro atoms. The van der Waals surface area contributed by atoms with Crippen molar-refractivity contribution in [3.05, 3.63) is 29.3 Å². The summed E-state index contributed by atoms with van der Waals surface area (Å²) in [5.74, 6) is 0.363. The van der Waals surface area contributed by atoms with Gasteiger partial charge in [-0.1, -0.05) is 24.6 Å². The van der Waals surface area contributed by atoms with E-state index in [0.717, 1.165) is 44.2 Å². The molecule has 1 aromatic carbocycles. The lowest BCUT2D eigenvalue weighted by atomic mass is 10.2. The molecule has 1 fully saturated rings. The van der Waals surface area contributed by atoms with Crippen molar-refractivity contribution in [2.24, 2.45) is 0 Å². The molecular weight excluding hydrogens is 350 g/mol. The number of rotatable bonds is 7. The lowest BCUT2D eigenvalue weighted by molar-refractivity contribution is 0.218. The number of carbonyl (C=O) groups is 1. The van der Waals surface area contributed by atoms with Gasteiger partial charge in [0.1, 0.15) is 5.84 Å². The van der Waals surface area contributed by atoms with E-state index in [1.54, 1.807) is 0 Å². The summed E-state index contributed by atoms with van der Waals surface area (Å²) >= 11 is 6.08. The number of hydrogen-bond donors (Lipinski definition) is 2. The molecule has 2 N–H and O–H groups in total. The molecule has 7 heteroatoms. The molecule has 0 unspecified atom stereocenters. The van der Waals surface area contributed by atoms with Crippen LogP contribution in [0.5, 0.6) is 0 Å². The molecule has 0 atom stereocenters. The third-order valence-electron chi connectivity index (χ3n) is 4.70. The molecule has 1 heterocycles. The minimum Gasteiger partial charge on any atom is -0.369 e. The fourth-order valence-corrected chi connectivity index (χ4v) is 3.33. The largest absolute Gasteiger partial charge is 0.369 e. The molecule has 0 saturated carbocycles. The molecule has 144 valence electrons. The SMILES string of the molecule is CCC(=N)N(CC)C(=O)NCCCN1CCN(c2cccc(Cl)c2)CC1. The predicted octanol–water partition coefficient (Wildman–Crippen LogP) is 3.27. The average molecular weight is 380 g/mol. The van der Waals surface area contributed by atoms with Crippen LogP contribution in [0.15, 0.2) is 24.3 Å². The third kappa shape index (κ3) is 5.88. The maximum Gasteiger partial charge on any atom is 0.322 e. The number of anilines is 1. The molecule has 0 radical (unpaired) electrons. The van der Waals surface area contributed by atoms with Gasteiger partial charge in [-0.3, -0.25) is 15.2 Å². The summed E-state index contributed by atoms with van der Waals surface area (Å²) in [4.78, 5) is 18.4. The molecule has 2 rings (SSSR count). The van der Waals surface area contributed by atoms with E-state index in [-0.39, 0.29) is 6.03 Å². The molecule has 1 aliphatic heterocycles. The minimum atomic E-state index is -0.162. The molecule has 1 aromatic rings. The van der Waals surface area contributed by atoms with Gasteiger partial charge in [0.25, 0.3) is 0 Å². The van der Waals surface area contributed by atoms with Gasteiger partial charge >= 0.3 is 6.03 Å². The van der Waals surface area contributed by atoms with E-state index in [9.17, 15) is 4.79 Å². The number of amides is 2. The van der Waals surface area contributed by atoms with Gasteiger partial charge in [0, 0.05) is 56.4 Å². The maximum atomic E-state index is 12.1. The van der Waals surface area contributed by atoms with Crippen LogP contribution in [0.2, 0.25) is 5.02 Å². The van der Waals surface area contributed by atoms with E-state index in [2.05, 4.69) is 21.2 Å². The highest BCUT2D eigenvalue weighted by molar-refractivity contribution is 6.30. The molecule has 26 heavy (non-hydrogen) atoms. The Morgan fingerprint density at radius 2 is 2.00 bits per heavy atom. The number of nitrogens with zero attached hydrogens (tertiary/aromatic N) is 3. The smallest absolute Gasteiger partial charge is 0.322 e. The van der Waals surface area contributed by atoms with Crippen LogP contribution in [-0.4, -0.2) is 67.5 Å². The quantitative estimate of drug-likeness (QED) is 0.434. The monoisotopic (exact) mass is 379 g/mol. The lowest BCUT2D eigenvalue weighted by Gasteiger charge is -2.36. The van der Waals surface area contributed by atoms with Crippen molar-refractivity contribution in [3.63, 3.8) is 0 Å². The van der Waals surface area contributed by atoms with Crippen LogP contribution in [0.25, 0.3) is 0 Å². The van der Waals surface area contributed by atoms with E-state index < -0.39 is 0 Å². The Bertz CT molecular complexity index is 601. The Morgan fingerprint density at radius 3 is 2.62 bits per heavy atom. The molecule has 0 bridgehead atoms. The number of benzene rings is 1. The van der Waals surface area contributed by atoms with Crippen molar-refractivity contribution in [2.45, 2.75) is 26.7 Å². The van der Waals surface area contributed by atoms with Crippen LogP contribution in [0.4, 0.5) is 10.5 Å². The van der Waals surface area contributed by atoms with E-state index in [1.807, 2.05) is 32.0 Å². The maximum absolute atomic E-state index is 12.1. The van der Waals surface area contributed by atoms with Gasteiger partial charge in [-0.2, -0.15) is 0 Å². The molecular formula is C19H30ClN5O. The Labute approximate surface area is 161 Å². The summed E-state index contributed by atoms with van der Waals surface area (Å²) in [6, 6.07) is 7.84. The molecule has 1 saturated heterocycles. The van der Waals surface area contributed by atoms with Crippen LogP contribution < -0.4 is 10.2 Å². The number of amidine groups is 1. The Kier molecular flexibility index (Phi) is 8.19. The van der Waals surface area contributed by atoms with Crippen molar-refractivity contribution < 1.29 is 4.79 Å². The van der Waals surface area contributed by atoms with Gasteiger partial charge in [0.15, 0.2) is 0 Å². The second-order valence-corrected chi connectivity index (χ2v) is 6.87. The Morgan fingerprint density at radius 1 is 1.27 bits per heavy atom. The van der Waals surface area contributed by atoms with Crippen LogP contribution in [-0.2, 0) is 0 Å². The van der Waals surface area contributed by atoms with Gasteiger partial charge in [-0.25, -0.2) is 4.79 Å². The normalized spacial score (nSPS) is 15.0. The Balaban J connectivity index is 1.66. The first kappa shape index (κ1) is 20.5. The number of hydrogen-bond acceptors (Lipinski definition) is 4. The highest BCUT2D eigenvalue weighted by Crippen LogP contribution is 2.20. The van der Waals surface area contributed by atoms with Gasteiger partial charge in [-0.15, -0.1) is 0 Å². The molecule has 6 nitrogen and oxygen atoms in total. The minimum absolute atomic E-state index is 0.162. The van der Waals surface area contributed by atoms with Crippen molar-refractivity contribution in [2.75, 3.05) is 50.7 Å². The zero-order valence-electron chi connectivity index (χ0n) is 15.8. The van der Waals surface area contributed by atoms with Gasteiger partial charge in [0.2, 0.25) is 0 Å². The summed E-state index contributed by atoms with van der Waals surface area (Å²) in [5, 5.41) is 11.5. The highest BCUT2D eigenvalue weighted by atomic mass is 35.5. The summed E-state index contributed by atoms with van der Waals surface area (Å²) < 4.78 is 0. The summed E-state index contributed by atoms with van der Waals surface area (Å²) in [6.45, 7) is 9.94. The van der Waals surface area contributed by atoms with Crippen LogP contribution in [0, 0.1) is 5.41 Å². The third-order valence-corrected chi connectivity index (χ3v) is 4.93. The second kappa shape index (κ2) is 10.4. The molecule has 0 aromatic heterocycles. The zero-order chi connectivity index (χ0) is 18.9. The predicted molar refractivity (Wildman–Crippen MR) is 109 cm³/mol. The van der Waals surface area contributed by atoms with Crippen LogP contribution in [0.3, 0.4) is 0 Å². The fraction of sp³-hybridized carbons (Fsp3) is 0.579. The van der Waals surface area contributed by atoms with Crippen molar-refractivity contribution in [1.29, 1.82) is 5.41 Å². The van der Waals surface area contributed by atoms with Crippen LogP contribution >= 0.6 is 11.6 Å². The van der Waals surface area contributed by atoms with Crippen molar-refractivity contribution in [1.82, 2.24) is 15.1 Å². The van der Waals surface area contributed by atoms with E-state index in [0.29, 0.717) is 25.3 Å². The standard InChI is InChI=1S/C19H30ClN5O/c1-3-18(21)25(4-2)19(26)22-9-6-10-23-11-13-24(14-12-23)17-8-5-7-16(20)15-17/h5,7-8,15,21H,3-4,6,9-14H2,1-2H3,(H,22,26). The first-order valence-corrected chi connectivity index (χ1v) is 9.78. The fourth-order valence-electron chi connectivity index (χ4n) is 3.14. The number of piperazine rings is 1. The first-order chi connectivity index (χ1) is 12.5. The number of nitrogens with one attached hydrogen (secondary N) is 2. The van der Waals surface area contributed by atoms with Crippen molar-refractivity contribution >= 4 is 29.2 Å². The number of halogens is 1. The highest BCUT2D eigenvalue weighted by Gasteiger charge is 2.18. The van der Waals surface area contributed by atoms with E-state index >= 15 is 0 Å². The first-order valence-electron chi connectivity index (χ1n) is 9.40. The summed E-state index contributed by atoms with van der Waals surface area (Å²) in [7, 11) is 0. The zero-order valence-corrected chi connectivity index (χ0v) is 16.6. The Hall–Kier alpha value is -1.79. The average Bonchev–Trinajstić information content (AvgIpc) is 2.66.